The Morgan fingerprint density at radius 3 is 2.68 bits per heavy atom. The minimum absolute atomic E-state index is 0.193. The summed E-state index contributed by atoms with van der Waals surface area (Å²) in [5.74, 6) is 0.521. The van der Waals surface area contributed by atoms with Crippen molar-refractivity contribution in [2.45, 2.75) is 20.4 Å². The van der Waals surface area contributed by atoms with Crippen molar-refractivity contribution >= 4 is 11.6 Å². The Kier molecular flexibility index (Phi) is 3.28. The van der Waals surface area contributed by atoms with Crippen molar-refractivity contribution in [1.82, 2.24) is 19.8 Å². The van der Waals surface area contributed by atoms with Gasteiger partial charge in [-0.2, -0.15) is 5.10 Å². The van der Waals surface area contributed by atoms with E-state index in [9.17, 15) is 4.79 Å². The quantitative estimate of drug-likeness (QED) is 0.887. The predicted molar refractivity (Wildman–Crippen MR) is 69.4 cm³/mol. The number of anilines is 1. The highest BCUT2D eigenvalue weighted by Crippen LogP contribution is 2.17. The summed E-state index contributed by atoms with van der Waals surface area (Å²) in [6, 6.07) is 1.79. The molecule has 0 spiro atoms. The van der Waals surface area contributed by atoms with Gasteiger partial charge in [0.25, 0.3) is 5.91 Å². The number of nitrogens with two attached hydrogens (primary N) is 1. The van der Waals surface area contributed by atoms with Gasteiger partial charge in [-0.05, 0) is 13.8 Å². The van der Waals surface area contributed by atoms with Crippen molar-refractivity contribution in [3.8, 4) is 0 Å². The van der Waals surface area contributed by atoms with Crippen molar-refractivity contribution in [2.24, 2.45) is 7.05 Å². The number of hydrogen-bond acceptors (Lipinski definition) is 5. The third-order valence-electron chi connectivity index (χ3n) is 2.89. The van der Waals surface area contributed by atoms with Gasteiger partial charge in [0.2, 0.25) is 0 Å². The minimum atomic E-state index is -0.193. The van der Waals surface area contributed by atoms with Gasteiger partial charge in [-0.25, -0.2) is 0 Å². The maximum Gasteiger partial charge on any atom is 0.274 e. The highest BCUT2D eigenvalue weighted by atomic mass is 16.5. The number of carbonyl (C=O) groups is 1. The minimum Gasteiger partial charge on any atom is -0.395 e. The smallest absolute Gasteiger partial charge is 0.274 e. The Hall–Kier alpha value is -2.31. The molecule has 0 unspecified atom stereocenters. The van der Waals surface area contributed by atoms with Crippen LogP contribution in [0, 0.1) is 13.8 Å². The molecule has 0 radical (unpaired) electrons. The SMILES string of the molecule is Cc1cc(CN(C)C(=O)c2c(N)c(C)nn2C)no1. The third-order valence-corrected chi connectivity index (χ3v) is 2.89. The van der Waals surface area contributed by atoms with Crippen LogP contribution in [0.2, 0.25) is 0 Å². The van der Waals surface area contributed by atoms with E-state index in [1.807, 2.05) is 0 Å². The molecule has 102 valence electrons. The molecule has 0 saturated carbocycles. The first-order valence-electron chi connectivity index (χ1n) is 5.87. The Labute approximate surface area is 111 Å². The standard InChI is InChI=1S/C12H17N5O2/c1-7-5-9(15-19-7)6-16(3)12(18)11-10(13)8(2)14-17(11)4/h5H,6,13H2,1-4H3. The number of nitrogen functional groups attached to an aromatic ring is 1. The normalized spacial score (nSPS) is 10.7. The molecule has 0 aliphatic heterocycles. The summed E-state index contributed by atoms with van der Waals surface area (Å²) in [6.07, 6.45) is 0. The summed E-state index contributed by atoms with van der Waals surface area (Å²) in [5.41, 5.74) is 8.03. The Balaban J connectivity index is 2.19. The molecule has 2 heterocycles. The average molecular weight is 263 g/mol. The van der Waals surface area contributed by atoms with Crippen molar-refractivity contribution in [3.05, 3.63) is 28.9 Å². The second kappa shape index (κ2) is 4.75. The van der Waals surface area contributed by atoms with Crippen LogP contribution in [0.4, 0.5) is 5.69 Å². The topological polar surface area (TPSA) is 90.2 Å². The summed E-state index contributed by atoms with van der Waals surface area (Å²) < 4.78 is 6.47. The van der Waals surface area contributed by atoms with E-state index < -0.39 is 0 Å². The molecular formula is C12H17N5O2. The molecule has 2 N–H and O–H groups in total. The number of amides is 1. The molecule has 2 aromatic rings. The number of rotatable bonds is 3. The first-order valence-corrected chi connectivity index (χ1v) is 5.87. The van der Waals surface area contributed by atoms with Crippen LogP contribution in [0.1, 0.15) is 27.6 Å². The monoisotopic (exact) mass is 263 g/mol. The molecule has 0 fully saturated rings. The lowest BCUT2D eigenvalue weighted by molar-refractivity contribution is 0.0772. The molecule has 7 nitrogen and oxygen atoms in total. The molecule has 0 aliphatic carbocycles. The summed E-state index contributed by atoms with van der Waals surface area (Å²) >= 11 is 0. The Bertz CT molecular complexity index is 614. The molecule has 19 heavy (non-hydrogen) atoms. The summed E-state index contributed by atoms with van der Waals surface area (Å²) in [5, 5.41) is 7.99. The van der Waals surface area contributed by atoms with E-state index in [1.165, 1.54) is 9.58 Å². The molecule has 0 aromatic carbocycles. The van der Waals surface area contributed by atoms with E-state index in [4.69, 9.17) is 10.3 Å². The fourth-order valence-electron chi connectivity index (χ4n) is 1.92. The lowest BCUT2D eigenvalue weighted by Crippen LogP contribution is -2.28. The zero-order chi connectivity index (χ0) is 14.2. The molecule has 0 atom stereocenters. The number of hydrogen-bond donors (Lipinski definition) is 1. The van der Waals surface area contributed by atoms with Crippen LogP contribution >= 0.6 is 0 Å². The zero-order valence-electron chi connectivity index (χ0n) is 11.5. The third kappa shape index (κ3) is 2.44. The number of carbonyl (C=O) groups excluding carboxylic acids is 1. The van der Waals surface area contributed by atoms with Gasteiger partial charge in [0.05, 0.1) is 17.9 Å². The predicted octanol–water partition coefficient (Wildman–Crippen LogP) is 0.879. The van der Waals surface area contributed by atoms with E-state index in [1.54, 1.807) is 34.0 Å². The summed E-state index contributed by atoms with van der Waals surface area (Å²) in [7, 11) is 3.39. The van der Waals surface area contributed by atoms with Crippen molar-refractivity contribution in [2.75, 3.05) is 12.8 Å². The van der Waals surface area contributed by atoms with Crippen molar-refractivity contribution in [3.63, 3.8) is 0 Å². The molecule has 7 heteroatoms. The highest BCUT2D eigenvalue weighted by Gasteiger charge is 2.22. The van der Waals surface area contributed by atoms with Gasteiger partial charge in [0.1, 0.15) is 17.1 Å². The van der Waals surface area contributed by atoms with Crippen molar-refractivity contribution < 1.29 is 9.32 Å². The van der Waals surface area contributed by atoms with Crippen LogP contribution in [0.3, 0.4) is 0 Å². The molecular weight excluding hydrogens is 246 g/mol. The molecule has 1 amide bonds. The van der Waals surface area contributed by atoms with Gasteiger partial charge in [-0.1, -0.05) is 5.16 Å². The van der Waals surface area contributed by atoms with Crippen LogP contribution in [-0.4, -0.2) is 32.8 Å². The van der Waals surface area contributed by atoms with Gasteiger partial charge in [-0.3, -0.25) is 9.48 Å². The largest absolute Gasteiger partial charge is 0.395 e. The maximum atomic E-state index is 12.3. The van der Waals surface area contributed by atoms with Gasteiger partial charge in [0, 0.05) is 20.2 Å². The first kappa shape index (κ1) is 13.1. The molecule has 0 aliphatic rings. The van der Waals surface area contributed by atoms with E-state index in [0.717, 1.165) is 0 Å². The van der Waals surface area contributed by atoms with Gasteiger partial charge in [-0.15, -0.1) is 0 Å². The van der Waals surface area contributed by atoms with E-state index in [2.05, 4.69) is 10.3 Å². The fraction of sp³-hybridized carbons (Fsp3) is 0.417. The molecule has 2 aromatic heterocycles. The summed E-state index contributed by atoms with van der Waals surface area (Å²) in [4.78, 5) is 13.9. The van der Waals surface area contributed by atoms with Crippen LogP contribution in [0.5, 0.6) is 0 Å². The Morgan fingerprint density at radius 1 is 1.53 bits per heavy atom. The van der Waals surface area contributed by atoms with Crippen LogP contribution in [0.25, 0.3) is 0 Å². The van der Waals surface area contributed by atoms with E-state index in [-0.39, 0.29) is 5.91 Å². The first-order chi connectivity index (χ1) is 8.90. The van der Waals surface area contributed by atoms with Gasteiger partial charge >= 0.3 is 0 Å². The number of aryl methyl sites for hydroxylation is 3. The van der Waals surface area contributed by atoms with Crippen LogP contribution < -0.4 is 5.73 Å². The van der Waals surface area contributed by atoms with E-state index >= 15 is 0 Å². The second-order valence-electron chi connectivity index (χ2n) is 4.56. The number of aromatic nitrogens is 3. The molecule has 2 rings (SSSR count). The fourth-order valence-corrected chi connectivity index (χ4v) is 1.92. The molecule has 0 bridgehead atoms. The maximum absolute atomic E-state index is 12.3. The number of nitrogens with zero attached hydrogens (tertiary/aromatic N) is 4. The van der Waals surface area contributed by atoms with E-state index in [0.29, 0.717) is 35.1 Å². The van der Waals surface area contributed by atoms with Gasteiger partial charge < -0.3 is 15.2 Å². The highest BCUT2D eigenvalue weighted by molar-refractivity contribution is 5.97. The Morgan fingerprint density at radius 2 is 2.21 bits per heavy atom. The summed E-state index contributed by atoms with van der Waals surface area (Å²) in [6.45, 7) is 3.94. The second-order valence-corrected chi connectivity index (χ2v) is 4.56. The molecule has 0 saturated heterocycles. The average Bonchev–Trinajstić information content (AvgIpc) is 2.84. The zero-order valence-corrected chi connectivity index (χ0v) is 11.5. The van der Waals surface area contributed by atoms with Gasteiger partial charge in [0.15, 0.2) is 0 Å². The van der Waals surface area contributed by atoms with Crippen LogP contribution in [-0.2, 0) is 13.6 Å². The van der Waals surface area contributed by atoms with Crippen LogP contribution in [0.15, 0.2) is 10.6 Å². The lowest BCUT2D eigenvalue weighted by atomic mass is 10.2. The lowest BCUT2D eigenvalue weighted by Gasteiger charge is -2.15. The van der Waals surface area contributed by atoms with Crippen molar-refractivity contribution in [1.29, 1.82) is 0 Å².